The highest BCUT2D eigenvalue weighted by molar-refractivity contribution is 7.47. The molecule has 0 radical (unpaired) electrons. The van der Waals surface area contributed by atoms with Gasteiger partial charge in [-0.05, 0) is 51.4 Å². The predicted molar refractivity (Wildman–Crippen MR) is 271 cm³/mol. The molecule has 1 aliphatic carbocycles. The number of carbonyl (C=O) groups excluding carboxylic acids is 1. The Morgan fingerprint density at radius 2 is 0.851 bits per heavy atom. The summed E-state index contributed by atoms with van der Waals surface area (Å²) in [5, 5.41) is 50.3. The van der Waals surface area contributed by atoms with E-state index in [0.717, 1.165) is 57.8 Å². The lowest BCUT2D eigenvalue weighted by Gasteiger charge is -2.41. The minimum atomic E-state index is -5.05. The van der Waals surface area contributed by atoms with Crippen molar-refractivity contribution in [2.45, 2.75) is 243 Å². The van der Waals surface area contributed by atoms with Crippen molar-refractivity contribution in [2.24, 2.45) is 0 Å². The van der Waals surface area contributed by atoms with Crippen LogP contribution < -0.4 is 0 Å². The number of aliphatic hydroxyl groups excluding tert-OH is 5. The number of allylic oxidation sites excluding steroid dienone is 12. The van der Waals surface area contributed by atoms with Crippen LogP contribution in [0.2, 0.25) is 0 Å². The molecule has 6 atom stereocenters. The molecule has 0 aromatic rings. The number of rotatable bonds is 44. The molecule has 0 spiro atoms. The number of ether oxygens (including phenoxy) is 2. The molecule has 67 heavy (non-hydrogen) atoms. The molecule has 1 aliphatic rings. The van der Waals surface area contributed by atoms with Gasteiger partial charge in [0, 0.05) is 13.0 Å². The Balaban J connectivity index is 2.38. The lowest BCUT2D eigenvalue weighted by atomic mass is 9.85. The van der Waals surface area contributed by atoms with Gasteiger partial charge < -0.3 is 39.9 Å². The summed E-state index contributed by atoms with van der Waals surface area (Å²) in [5.74, 6) is -0.558. The number of esters is 1. The van der Waals surface area contributed by atoms with Gasteiger partial charge in [0.1, 0.15) is 42.7 Å². The van der Waals surface area contributed by atoms with E-state index in [2.05, 4.69) is 74.6 Å². The molecule has 12 nitrogen and oxygen atoms in total. The Bertz CT molecular complexity index is 1380. The molecule has 6 unspecified atom stereocenters. The number of carbonyl (C=O) groups is 1. The standard InChI is InChI=1S/C54H95O12P/c1-3-5-7-9-11-13-15-17-19-21-23-24-26-28-30-32-34-36-38-40-42-44-63-45-47(46-64-67(61,62)66-54-52(59)50(57)49(56)51(58)53(54)60)65-48(55)43-41-39-37-35-33-31-29-27-25-22-20-18-16-14-12-10-8-6-4-2/h6,8,12,14,18,20,25,27,31,33,37,39,47,49-54,56-60H,3-5,7,9-11,13,15-17,19,21-24,26,28-30,32,34-36,38,40-46H2,1-2H3,(H,61,62)/b8-6-,14-12-,20-18-,27-25-,33-31-,39-37-. The Morgan fingerprint density at radius 3 is 1.25 bits per heavy atom. The Kier molecular flexibility index (Phi) is 41.0. The fourth-order valence-corrected chi connectivity index (χ4v) is 8.71. The zero-order valence-electron chi connectivity index (χ0n) is 41.7. The summed E-state index contributed by atoms with van der Waals surface area (Å²) in [4.78, 5) is 23.2. The quantitative estimate of drug-likeness (QED) is 0.0147. The van der Waals surface area contributed by atoms with Crippen LogP contribution in [0.15, 0.2) is 72.9 Å². The molecule has 0 bridgehead atoms. The lowest BCUT2D eigenvalue weighted by molar-refractivity contribution is -0.220. The zero-order chi connectivity index (χ0) is 49.1. The van der Waals surface area contributed by atoms with Crippen molar-refractivity contribution in [3.8, 4) is 0 Å². The maximum Gasteiger partial charge on any atom is 0.472 e. The van der Waals surface area contributed by atoms with Gasteiger partial charge >= 0.3 is 13.8 Å². The summed E-state index contributed by atoms with van der Waals surface area (Å²) in [5.41, 5.74) is 0. The zero-order valence-corrected chi connectivity index (χ0v) is 42.6. The lowest BCUT2D eigenvalue weighted by Crippen LogP contribution is -2.64. The van der Waals surface area contributed by atoms with Gasteiger partial charge in [-0.2, -0.15) is 0 Å². The topological polar surface area (TPSA) is 192 Å². The summed E-state index contributed by atoms with van der Waals surface area (Å²) in [6.07, 6.45) is 45.6. The van der Waals surface area contributed by atoms with E-state index in [1.165, 1.54) is 116 Å². The van der Waals surface area contributed by atoms with Crippen molar-refractivity contribution < 1.29 is 58.3 Å². The molecule has 1 fully saturated rings. The highest BCUT2D eigenvalue weighted by Gasteiger charge is 2.51. The first-order valence-electron chi connectivity index (χ1n) is 26.3. The molecule has 0 aromatic carbocycles. The average molecular weight is 967 g/mol. The second kappa shape index (κ2) is 43.8. The minimum absolute atomic E-state index is 0.0594. The van der Waals surface area contributed by atoms with E-state index in [-0.39, 0.29) is 13.0 Å². The maximum absolute atomic E-state index is 12.9. The van der Waals surface area contributed by atoms with Crippen LogP contribution in [-0.4, -0.2) is 98.9 Å². The molecule has 0 amide bonds. The molecule has 13 heteroatoms. The van der Waals surface area contributed by atoms with Crippen LogP contribution in [0.3, 0.4) is 0 Å². The van der Waals surface area contributed by atoms with Crippen molar-refractivity contribution in [1.82, 2.24) is 0 Å². The van der Waals surface area contributed by atoms with Gasteiger partial charge in [0.05, 0.1) is 13.2 Å². The molecular formula is C54H95O12P. The van der Waals surface area contributed by atoms with E-state index in [4.69, 9.17) is 18.5 Å². The smallest absolute Gasteiger partial charge is 0.457 e. The summed E-state index contributed by atoms with van der Waals surface area (Å²) in [6, 6.07) is 0. The third kappa shape index (κ3) is 35.5. The van der Waals surface area contributed by atoms with E-state index in [1.54, 1.807) is 0 Å². The molecular weight excluding hydrogens is 872 g/mol. The van der Waals surface area contributed by atoms with Gasteiger partial charge in [-0.1, -0.05) is 215 Å². The first-order chi connectivity index (χ1) is 32.5. The summed E-state index contributed by atoms with van der Waals surface area (Å²) in [7, 11) is -5.05. The van der Waals surface area contributed by atoms with Crippen LogP contribution in [0.4, 0.5) is 0 Å². The molecule has 388 valence electrons. The van der Waals surface area contributed by atoms with Crippen molar-refractivity contribution in [1.29, 1.82) is 0 Å². The van der Waals surface area contributed by atoms with E-state index >= 15 is 0 Å². The van der Waals surface area contributed by atoms with E-state index < -0.39 is 63.1 Å². The van der Waals surface area contributed by atoms with Crippen LogP contribution in [0, 0.1) is 0 Å². The molecule has 0 saturated heterocycles. The number of unbranched alkanes of at least 4 members (excludes halogenated alkanes) is 20. The summed E-state index contributed by atoms with van der Waals surface area (Å²) in [6.45, 7) is 4.09. The van der Waals surface area contributed by atoms with Crippen LogP contribution in [-0.2, 0) is 27.9 Å². The normalized spacial score (nSPS) is 21.9. The van der Waals surface area contributed by atoms with Gasteiger partial charge in [0.2, 0.25) is 0 Å². The number of phosphoric ester groups is 1. The first-order valence-corrected chi connectivity index (χ1v) is 27.8. The second-order valence-corrected chi connectivity index (χ2v) is 19.4. The van der Waals surface area contributed by atoms with E-state index in [1.807, 2.05) is 12.2 Å². The highest BCUT2D eigenvalue weighted by atomic mass is 31.2. The summed E-state index contributed by atoms with van der Waals surface area (Å²) < 4.78 is 34.2. The van der Waals surface area contributed by atoms with Gasteiger partial charge in [-0.3, -0.25) is 13.8 Å². The molecule has 0 aromatic heterocycles. The molecule has 6 N–H and O–H groups in total. The van der Waals surface area contributed by atoms with Gasteiger partial charge in [-0.15, -0.1) is 0 Å². The highest BCUT2D eigenvalue weighted by Crippen LogP contribution is 2.47. The second-order valence-electron chi connectivity index (χ2n) is 18.0. The average Bonchev–Trinajstić information content (AvgIpc) is 3.31. The Morgan fingerprint density at radius 1 is 0.493 bits per heavy atom. The minimum Gasteiger partial charge on any atom is -0.457 e. The third-order valence-corrected chi connectivity index (χ3v) is 12.8. The Hall–Kier alpha value is -2.22. The number of hydrogen-bond donors (Lipinski definition) is 6. The van der Waals surface area contributed by atoms with E-state index in [0.29, 0.717) is 13.0 Å². The van der Waals surface area contributed by atoms with Crippen molar-refractivity contribution in [2.75, 3.05) is 19.8 Å². The largest absolute Gasteiger partial charge is 0.472 e. The van der Waals surface area contributed by atoms with Crippen LogP contribution in [0.5, 0.6) is 0 Å². The Labute approximate surface area is 406 Å². The van der Waals surface area contributed by atoms with Crippen LogP contribution in [0.1, 0.15) is 200 Å². The van der Waals surface area contributed by atoms with Crippen molar-refractivity contribution >= 4 is 13.8 Å². The fraction of sp³-hybridized carbons (Fsp3) is 0.759. The molecule has 0 heterocycles. The predicted octanol–water partition coefficient (Wildman–Crippen LogP) is 11.9. The van der Waals surface area contributed by atoms with Crippen LogP contribution in [0.25, 0.3) is 0 Å². The monoisotopic (exact) mass is 967 g/mol. The molecule has 1 rings (SSSR count). The number of hydrogen-bond acceptors (Lipinski definition) is 11. The third-order valence-electron chi connectivity index (χ3n) is 11.9. The SMILES string of the molecule is CC/C=C\C/C=C\C/C=C\C/C=C\C/C=C\C/C=C\CCC(=O)OC(COCCCCCCCCCCCCCCCCCCCCCCC)COP(=O)(O)OC1C(O)C(O)C(O)C(O)C1O. The van der Waals surface area contributed by atoms with Crippen molar-refractivity contribution in [3.63, 3.8) is 0 Å². The number of aliphatic hydroxyl groups is 5. The molecule has 1 saturated carbocycles. The maximum atomic E-state index is 12.9. The van der Waals surface area contributed by atoms with Gasteiger partial charge in [0.15, 0.2) is 0 Å². The fourth-order valence-electron chi connectivity index (χ4n) is 7.74. The molecule has 0 aliphatic heterocycles. The van der Waals surface area contributed by atoms with Crippen LogP contribution >= 0.6 is 7.82 Å². The van der Waals surface area contributed by atoms with Gasteiger partial charge in [0.25, 0.3) is 0 Å². The van der Waals surface area contributed by atoms with Crippen molar-refractivity contribution in [3.05, 3.63) is 72.9 Å². The van der Waals surface area contributed by atoms with E-state index in [9.17, 15) is 39.8 Å². The summed E-state index contributed by atoms with van der Waals surface area (Å²) >= 11 is 0. The first kappa shape index (κ1) is 62.8. The van der Waals surface area contributed by atoms with Gasteiger partial charge in [-0.25, -0.2) is 4.57 Å². The number of phosphoric acid groups is 1.